The number of aliphatic carboxylic acids is 2. The van der Waals surface area contributed by atoms with Gasteiger partial charge in [0.05, 0.1) is 29.5 Å². The van der Waals surface area contributed by atoms with Crippen LogP contribution >= 0.6 is 33.2 Å². The second-order valence-electron chi connectivity index (χ2n) is 6.38. The van der Waals surface area contributed by atoms with E-state index in [0.717, 1.165) is 0 Å². The molecule has 2 amide bonds. The van der Waals surface area contributed by atoms with Crippen LogP contribution in [0.2, 0.25) is 5.02 Å². The molecular weight excluding hydrogens is 537 g/mol. The van der Waals surface area contributed by atoms with Crippen LogP contribution in [-0.2, 0) is 9.59 Å². The van der Waals surface area contributed by atoms with Gasteiger partial charge in [0.1, 0.15) is 5.76 Å². The number of alkyl halides is 3. The van der Waals surface area contributed by atoms with Crippen LogP contribution in [0.5, 0.6) is 0 Å². The van der Waals surface area contributed by atoms with Gasteiger partial charge in [0.15, 0.2) is 0 Å². The molecule has 9 nitrogen and oxygen atoms in total. The fourth-order valence-electron chi connectivity index (χ4n) is 2.18. The molecule has 1 heterocycles. The summed E-state index contributed by atoms with van der Waals surface area (Å²) in [6.45, 7) is 2.08. The van der Waals surface area contributed by atoms with Crippen LogP contribution in [0, 0.1) is 6.92 Å². The van der Waals surface area contributed by atoms with E-state index in [1.807, 2.05) is 0 Å². The van der Waals surface area contributed by atoms with Crippen molar-refractivity contribution in [2.45, 2.75) is 19.5 Å². The number of benzene rings is 1. The number of carboxylic acid groups (broad SMARTS) is 2. The number of carbonyl (C=O) groups is 4. The van der Waals surface area contributed by atoms with Crippen molar-refractivity contribution >= 4 is 62.6 Å². The third-order valence-electron chi connectivity index (χ3n) is 3.77. The molecule has 4 N–H and O–H groups in total. The SMILES string of the molecule is Cc1occc1C(=O)Nc1cc(Cl)ccc1C(=O)NCCSSCCC(=O)O.O=C(O)C(F)(F)F. The maximum absolute atomic E-state index is 12.5. The summed E-state index contributed by atoms with van der Waals surface area (Å²) in [6.07, 6.45) is -3.56. The zero-order valence-corrected chi connectivity index (χ0v) is 20.4. The van der Waals surface area contributed by atoms with E-state index in [2.05, 4.69) is 10.6 Å². The van der Waals surface area contributed by atoms with Gasteiger partial charge < -0.3 is 25.3 Å². The maximum atomic E-state index is 12.5. The summed E-state index contributed by atoms with van der Waals surface area (Å²) < 4.78 is 36.9. The van der Waals surface area contributed by atoms with Crippen molar-refractivity contribution in [1.29, 1.82) is 0 Å². The Morgan fingerprint density at radius 2 is 1.66 bits per heavy atom. The van der Waals surface area contributed by atoms with E-state index in [1.165, 1.54) is 33.9 Å². The number of carbonyl (C=O) groups excluding carboxylic acids is 2. The van der Waals surface area contributed by atoms with E-state index >= 15 is 0 Å². The molecule has 0 radical (unpaired) electrons. The van der Waals surface area contributed by atoms with E-state index in [9.17, 15) is 27.6 Å². The number of furan rings is 1. The maximum Gasteiger partial charge on any atom is 0.490 e. The van der Waals surface area contributed by atoms with Gasteiger partial charge in [-0.05, 0) is 31.2 Å². The molecule has 0 saturated carbocycles. The number of hydrogen-bond acceptors (Lipinski definition) is 7. The summed E-state index contributed by atoms with van der Waals surface area (Å²) in [7, 11) is 2.93. The van der Waals surface area contributed by atoms with Crippen LogP contribution < -0.4 is 10.6 Å². The third kappa shape index (κ3) is 11.4. The first-order chi connectivity index (χ1) is 16.3. The molecule has 0 bridgehead atoms. The first kappa shape index (κ1) is 30.2. The predicted octanol–water partition coefficient (Wildman–Crippen LogP) is 4.71. The fourth-order valence-corrected chi connectivity index (χ4v) is 4.23. The Morgan fingerprint density at radius 1 is 1.03 bits per heavy atom. The molecule has 0 atom stereocenters. The Labute approximate surface area is 210 Å². The smallest absolute Gasteiger partial charge is 0.481 e. The average Bonchev–Trinajstić information content (AvgIpc) is 3.18. The number of amides is 2. The Morgan fingerprint density at radius 3 is 2.20 bits per heavy atom. The summed E-state index contributed by atoms with van der Waals surface area (Å²) in [5, 5.41) is 21.6. The molecule has 2 aromatic rings. The van der Waals surface area contributed by atoms with Crippen LogP contribution in [0.4, 0.5) is 18.9 Å². The number of anilines is 1. The topological polar surface area (TPSA) is 146 Å². The van der Waals surface area contributed by atoms with E-state index in [0.29, 0.717) is 45.6 Å². The molecule has 0 unspecified atom stereocenters. The van der Waals surface area contributed by atoms with Crippen LogP contribution in [0.15, 0.2) is 34.9 Å². The molecule has 2 rings (SSSR count). The van der Waals surface area contributed by atoms with Gasteiger partial charge in [0.25, 0.3) is 11.8 Å². The molecule has 0 aliphatic carbocycles. The van der Waals surface area contributed by atoms with E-state index in [-0.39, 0.29) is 12.3 Å². The van der Waals surface area contributed by atoms with Gasteiger partial charge in [-0.2, -0.15) is 13.2 Å². The lowest BCUT2D eigenvalue weighted by atomic mass is 10.1. The van der Waals surface area contributed by atoms with Crippen LogP contribution in [-0.4, -0.2) is 58.2 Å². The normalized spacial score (nSPS) is 10.7. The average molecular weight is 557 g/mol. The minimum atomic E-state index is -5.08. The van der Waals surface area contributed by atoms with Crippen molar-refractivity contribution < 1.29 is 47.0 Å². The highest BCUT2D eigenvalue weighted by atomic mass is 35.5. The molecule has 15 heteroatoms. The van der Waals surface area contributed by atoms with Gasteiger partial charge in [0.2, 0.25) is 0 Å². The molecule has 192 valence electrons. The minimum absolute atomic E-state index is 0.105. The number of hydrogen-bond donors (Lipinski definition) is 4. The number of rotatable bonds is 10. The fraction of sp³-hybridized carbons (Fsp3) is 0.300. The second-order valence-corrected chi connectivity index (χ2v) is 9.52. The van der Waals surface area contributed by atoms with Crippen molar-refractivity contribution in [3.63, 3.8) is 0 Å². The van der Waals surface area contributed by atoms with Crippen LogP contribution in [0.3, 0.4) is 0 Å². The first-order valence-corrected chi connectivity index (χ1v) is 12.4. The van der Waals surface area contributed by atoms with Crippen molar-refractivity contribution in [2.75, 3.05) is 23.4 Å². The Balaban J connectivity index is 0.000000762. The van der Waals surface area contributed by atoms with Crippen molar-refractivity contribution in [2.24, 2.45) is 0 Å². The quantitative estimate of drug-likeness (QED) is 0.241. The molecule has 0 spiro atoms. The summed E-state index contributed by atoms with van der Waals surface area (Å²) in [5.74, 6) is -2.71. The van der Waals surface area contributed by atoms with Crippen molar-refractivity contribution in [3.8, 4) is 0 Å². The summed E-state index contributed by atoms with van der Waals surface area (Å²) in [5.41, 5.74) is 0.975. The molecule has 1 aromatic carbocycles. The summed E-state index contributed by atoms with van der Waals surface area (Å²) >= 11 is 6.01. The number of halogens is 4. The molecule has 1 aromatic heterocycles. The van der Waals surface area contributed by atoms with Crippen LogP contribution in [0.1, 0.15) is 32.9 Å². The molecular formula is C20H20ClF3N2O7S2. The molecule has 35 heavy (non-hydrogen) atoms. The summed E-state index contributed by atoms with van der Waals surface area (Å²) in [6, 6.07) is 6.19. The van der Waals surface area contributed by atoms with Gasteiger partial charge in [-0.25, -0.2) is 4.79 Å². The second kappa shape index (κ2) is 14.5. The van der Waals surface area contributed by atoms with E-state index in [1.54, 1.807) is 25.1 Å². The minimum Gasteiger partial charge on any atom is -0.481 e. The van der Waals surface area contributed by atoms with Crippen molar-refractivity contribution in [3.05, 3.63) is 52.4 Å². The lowest BCUT2D eigenvalue weighted by Gasteiger charge is -2.12. The largest absolute Gasteiger partial charge is 0.490 e. The monoisotopic (exact) mass is 556 g/mol. The Bertz CT molecular complexity index is 1050. The Kier molecular flexibility index (Phi) is 12.5. The third-order valence-corrected chi connectivity index (χ3v) is 6.42. The lowest BCUT2D eigenvalue weighted by Crippen LogP contribution is -2.27. The Hall–Kier alpha value is -2.84. The van der Waals surface area contributed by atoms with Crippen molar-refractivity contribution in [1.82, 2.24) is 5.32 Å². The molecule has 0 aliphatic heterocycles. The first-order valence-electron chi connectivity index (χ1n) is 9.52. The molecule has 0 aliphatic rings. The van der Waals surface area contributed by atoms with Gasteiger partial charge in [-0.1, -0.05) is 33.2 Å². The standard InChI is InChI=1S/C18H19ClN2O5S2.C2HF3O2/c1-11-13(4-7-26-11)18(25)21-15-10-12(19)2-3-14(15)17(24)20-6-9-28-27-8-5-16(22)23;3-2(4,5)1(6)7/h2-4,7,10H,5-6,8-9H2,1H3,(H,20,24)(H,21,25)(H,22,23);(H,6,7). The zero-order chi connectivity index (χ0) is 26.6. The van der Waals surface area contributed by atoms with E-state index < -0.39 is 24.0 Å². The highest BCUT2D eigenvalue weighted by Gasteiger charge is 2.38. The lowest BCUT2D eigenvalue weighted by molar-refractivity contribution is -0.192. The molecule has 0 fully saturated rings. The van der Waals surface area contributed by atoms with Gasteiger partial charge in [-0.3, -0.25) is 14.4 Å². The number of nitrogens with one attached hydrogen (secondary N) is 2. The van der Waals surface area contributed by atoms with Gasteiger partial charge in [-0.15, -0.1) is 0 Å². The van der Waals surface area contributed by atoms with Gasteiger partial charge >= 0.3 is 18.1 Å². The predicted molar refractivity (Wildman–Crippen MR) is 126 cm³/mol. The summed E-state index contributed by atoms with van der Waals surface area (Å²) in [4.78, 5) is 44.2. The van der Waals surface area contributed by atoms with Crippen LogP contribution in [0.25, 0.3) is 0 Å². The highest BCUT2D eigenvalue weighted by Crippen LogP contribution is 2.24. The number of aryl methyl sites for hydroxylation is 1. The number of carboxylic acids is 2. The highest BCUT2D eigenvalue weighted by molar-refractivity contribution is 8.76. The zero-order valence-electron chi connectivity index (χ0n) is 18.0. The molecule has 0 saturated heterocycles. The van der Waals surface area contributed by atoms with Gasteiger partial charge in [0, 0.05) is 23.1 Å². The van der Waals surface area contributed by atoms with E-state index in [4.69, 9.17) is 31.0 Å².